The van der Waals surface area contributed by atoms with Gasteiger partial charge in [0.1, 0.15) is 0 Å². The third-order valence-corrected chi connectivity index (χ3v) is 5.21. The van der Waals surface area contributed by atoms with Gasteiger partial charge in [-0.1, -0.05) is 23.7 Å². The standard InChI is InChI=1S/C19H31ClN4O/c1-3-22-19(25)24(14-16-5-4-6-17(20)13-16)18-8-11-23(12-9-18)15(2)7-10-21/h4-6,13,15,18H,3,7-12,14,21H2,1-2H3,(H,22,25). The van der Waals surface area contributed by atoms with E-state index in [2.05, 4.69) is 17.1 Å². The topological polar surface area (TPSA) is 61.6 Å². The maximum absolute atomic E-state index is 12.6. The van der Waals surface area contributed by atoms with Gasteiger partial charge >= 0.3 is 6.03 Å². The first kappa shape index (κ1) is 20.0. The van der Waals surface area contributed by atoms with Crippen LogP contribution in [0.5, 0.6) is 0 Å². The Hall–Kier alpha value is -1.30. The van der Waals surface area contributed by atoms with E-state index in [9.17, 15) is 4.79 Å². The molecule has 1 fully saturated rings. The lowest BCUT2D eigenvalue weighted by atomic mass is 10.0. The van der Waals surface area contributed by atoms with E-state index >= 15 is 0 Å². The molecule has 25 heavy (non-hydrogen) atoms. The highest BCUT2D eigenvalue weighted by Gasteiger charge is 2.29. The molecule has 0 spiro atoms. The van der Waals surface area contributed by atoms with Gasteiger partial charge in [-0.15, -0.1) is 0 Å². The van der Waals surface area contributed by atoms with Gasteiger partial charge in [0, 0.05) is 43.3 Å². The van der Waals surface area contributed by atoms with Crippen LogP contribution < -0.4 is 11.1 Å². The Morgan fingerprint density at radius 3 is 2.76 bits per heavy atom. The van der Waals surface area contributed by atoms with Crippen molar-refractivity contribution in [3.05, 3.63) is 34.9 Å². The van der Waals surface area contributed by atoms with Gasteiger partial charge in [0.15, 0.2) is 0 Å². The highest BCUT2D eigenvalue weighted by atomic mass is 35.5. The molecule has 1 aliphatic heterocycles. The van der Waals surface area contributed by atoms with Crippen molar-refractivity contribution in [2.75, 3.05) is 26.2 Å². The van der Waals surface area contributed by atoms with Gasteiger partial charge in [0.05, 0.1) is 0 Å². The third kappa shape index (κ3) is 5.87. The predicted octanol–water partition coefficient (Wildman–Crippen LogP) is 3.07. The van der Waals surface area contributed by atoms with E-state index in [0.29, 0.717) is 24.2 Å². The van der Waals surface area contributed by atoms with Crippen LogP contribution in [-0.4, -0.2) is 54.1 Å². The van der Waals surface area contributed by atoms with E-state index in [1.165, 1.54) is 0 Å². The van der Waals surface area contributed by atoms with Crippen molar-refractivity contribution in [2.24, 2.45) is 5.73 Å². The van der Waals surface area contributed by atoms with Crippen LogP contribution in [0.1, 0.15) is 38.7 Å². The molecule has 1 aromatic carbocycles. The van der Waals surface area contributed by atoms with Crippen molar-refractivity contribution < 1.29 is 4.79 Å². The summed E-state index contributed by atoms with van der Waals surface area (Å²) in [5, 5.41) is 3.66. The van der Waals surface area contributed by atoms with Crippen LogP contribution in [0.4, 0.5) is 4.79 Å². The van der Waals surface area contributed by atoms with Crippen molar-refractivity contribution in [3.8, 4) is 0 Å². The van der Waals surface area contributed by atoms with Crippen molar-refractivity contribution in [3.63, 3.8) is 0 Å². The number of likely N-dealkylation sites (tertiary alicyclic amines) is 1. The molecule has 6 heteroatoms. The summed E-state index contributed by atoms with van der Waals surface area (Å²) in [6, 6.07) is 8.53. The summed E-state index contributed by atoms with van der Waals surface area (Å²) in [5.74, 6) is 0. The Morgan fingerprint density at radius 2 is 2.16 bits per heavy atom. The lowest BCUT2D eigenvalue weighted by Crippen LogP contribution is -2.51. The molecule has 5 nitrogen and oxygen atoms in total. The number of piperidine rings is 1. The molecule has 1 saturated heterocycles. The number of carbonyl (C=O) groups is 1. The lowest BCUT2D eigenvalue weighted by Gasteiger charge is -2.40. The van der Waals surface area contributed by atoms with Gasteiger partial charge in [-0.3, -0.25) is 0 Å². The Labute approximate surface area is 156 Å². The maximum Gasteiger partial charge on any atom is 0.317 e. The molecule has 2 amide bonds. The molecule has 0 saturated carbocycles. The van der Waals surface area contributed by atoms with Crippen LogP contribution in [0, 0.1) is 0 Å². The number of halogens is 1. The first-order chi connectivity index (χ1) is 12.0. The zero-order valence-electron chi connectivity index (χ0n) is 15.4. The molecule has 0 bridgehead atoms. The molecule has 1 heterocycles. The molecule has 2 rings (SSSR count). The summed E-state index contributed by atoms with van der Waals surface area (Å²) in [7, 11) is 0. The van der Waals surface area contributed by atoms with Crippen LogP contribution in [0.2, 0.25) is 5.02 Å². The number of carbonyl (C=O) groups excluding carboxylic acids is 1. The molecule has 0 aliphatic carbocycles. The monoisotopic (exact) mass is 366 g/mol. The highest BCUT2D eigenvalue weighted by Crippen LogP contribution is 2.22. The summed E-state index contributed by atoms with van der Waals surface area (Å²) < 4.78 is 0. The van der Waals surface area contributed by atoms with Gasteiger partial charge in [-0.25, -0.2) is 4.79 Å². The molecule has 3 N–H and O–H groups in total. The highest BCUT2D eigenvalue weighted by molar-refractivity contribution is 6.30. The Morgan fingerprint density at radius 1 is 1.44 bits per heavy atom. The fourth-order valence-electron chi connectivity index (χ4n) is 3.51. The van der Waals surface area contributed by atoms with Crippen molar-refractivity contribution in [1.82, 2.24) is 15.1 Å². The summed E-state index contributed by atoms with van der Waals surface area (Å²) in [4.78, 5) is 17.1. The van der Waals surface area contributed by atoms with E-state index in [4.69, 9.17) is 17.3 Å². The number of hydrogen-bond acceptors (Lipinski definition) is 3. The summed E-state index contributed by atoms with van der Waals surface area (Å²) >= 11 is 6.10. The molecular weight excluding hydrogens is 336 g/mol. The number of nitrogens with zero attached hydrogens (tertiary/aromatic N) is 2. The maximum atomic E-state index is 12.6. The fraction of sp³-hybridized carbons (Fsp3) is 0.632. The third-order valence-electron chi connectivity index (χ3n) is 4.98. The van der Waals surface area contributed by atoms with Crippen molar-refractivity contribution in [2.45, 2.75) is 51.7 Å². The van der Waals surface area contributed by atoms with Crippen LogP contribution in [-0.2, 0) is 6.54 Å². The second-order valence-electron chi connectivity index (χ2n) is 6.79. The summed E-state index contributed by atoms with van der Waals surface area (Å²) in [5.41, 5.74) is 6.75. The van der Waals surface area contributed by atoms with Crippen molar-refractivity contribution in [1.29, 1.82) is 0 Å². The normalized spacial score (nSPS) is 17.3. The molecule has 0 radical (unpaired) electrons. The quantitative estimate of drug-likeness (QED) is 0.779. The number of nitrogens with one attached hydrogen (secondary N) is 1. The number of amides is 2. The minimum atomic E-state index is 0.0101. The van der Waals surface area contributed by atoms with E-state index in [-0.39, 0.29) is 12.1 Å². The summed E-state index contributed by atoms with van der Waals surface area (Å²) in [6.07, 6.45) is 3.01. The molecule has 1 atom stereocenters. The molecule has 1 unspecified atom stereocenters. The van der Waals surface area contributed by atoms with Crippen molar-refractivity contribution >= 4 is 17.6 Å². The Bertz CT molecular complexity index is 546. The van der Waals surface area contributed by atoms with Gasteiger partial charge in [-0.05, 0) is 57.4 Å². The predicted molar refractivity (Wildman–Crippen MR) is 104 cm³/mol. The van der Waals surface area contributed by atoms with E-state index in [1.54, 1.807) is 0 Å². The first-order valence-electron chi connectivity index (χ1n) is 9.28. The number of benzene rings is 1. The number of rotatable bonds is 7. The van der Waals surface area contributed by atoms with Crippen LogP contribution in [0.15, 0.2) is 24.3 Å². The minimum absolute atomic E-state index is 0.0101. The lowest BCUT2D eigenvalue weighted by molar-refractivity contribution is 0.0955. The Balaban J connectivity index is 2.02. The van der Waals surface area contributed by atoms with Crippen LogP contribution in [0.25, 0.3) is 0 Å². The zero-order valence-corrected chi connectivity index (χ0v) is 16.1. The minimum Gasteiger partial charge on any atom is -0.338 e. The SMILES string of the molecule is CCNC(=O)N(Cc1cccc(Cl)c1)C1CCN(C(C)CCN)CC1. The largest absolute Gasteiger partial charge is 0.338 e. The molecule has 1 aromatic rings. The van der Waals surface area contributed by atoms with Gasteiger partial charge in [0.25, 0.3) is 0 Å². The van der Waals surface area contributed by atoms with Crippen LogP contribution in [0.3, 0.4) is 0 Å². The van der Waals surface area contributed by atoms with E-state index in [1.807, 2.05) is 36.1 Å². The fourth-order valence-corrected chi connectivity index (χ4v) is 3.73. The molecular formula is C19H31ClN4O. The van der Waals surface area contributed by atoms with Crippen LogP contribution >= 0.6 is 11.6 Å². The second-order valence-corrected chi connectivity index (χ2v) is 7.22. The van der Waals surface area contributed by atoms with Gasteiger partial charge < -0.3 is 20.9 Å². The first-order valence-corrected chi connectivity index (χ1v) is 9.66. The smallest absolute Gasteiger partial charge is 0.317 e. The van der Waals surface area contributed by atoms with Gasteiger partial charge in [0.2, 0.25) is 0 Å². The zero-order chi connectivity index (χ0) is 18.2. The average molecular weight is 367 g/mol. The molecule has 1 aliphatic rings. The van der Waals surface area contributed by atoms with E-state index in [0.717, 1.165) is 44.5 Å². The van der Waals surface area contributed by atoms with E-state index < -0.39 is 0 Å². The molecule has 0 aromatic heterocycles. The second kappa shape index (κ2) is 10.00. The number of hydrogen-bond donors (Lipinski definition) is 2. The number of nitrogens with two attached hydrogens (primary N) is 1. The Kier molecular flexibility index (Phi) is 8.00. The number of urea groups is 1. The average Bonchev–Trinajstić information content (AvgIpc) is 2.60. The van der Waals surface area contributed by atoms with Gasteiger partial charge in [-0.2, -0.15) is 0 Å². The molecule has 140 valence electrons. The summed E-state index contributed by atoms with van der Waals surface area (Å²) in [6.45, 7) is 8.16.